The summed E-state index contributed by atoms with van der Waals surface area (Å²) in [6, 6.07) is 9.60. The van der Waals surface area contributed by atoms with Crippen molar-refractivity contribution in [1.82, 2.24) is 9.78 Å². The van der Waals surface area contributed by atoms with Gasteiger partial charge in [0.25, 0.3) is 0 Å². The highest BCUT2D eigenvalue weighted by atomic mass is 35.5. The minimum Gasteiger partial charge on any atom is -0.275 e. The van der Waals surface area contributed by atoms with Crippen LogP contribution in [-0.4, -0.2) is 9.78 Å². The van der Waals surface area contributed by atoms with E-state index in [0.29, 0.717) is 11.4 Å². The molecule has 1 aromatic carbocycles. The number of aryl methyl sites for hydroxylation is 1. The third-order valence-electron chi connectivity index (χ3n) is 2.29. The molecule has 0 fully saturated rings. The zero-order valence-corrected chi connectivity index (χ0v) is 9.57. The Hall–Kier alpha value is -1.79. The van der Waals surface area contributed by atoms with Gasteiger partial charge in [-0.3, -0.25) is 4.68 Å². The van der Waals surface area contributed by atoms with Gasteiger partial charge in [-0.1, -0.05) is 23.7 Å². The molecule has 0 bridgehead atoms. The van der Waals surface area contributed by atoms with E-state index >= 15 is 0 Å². The van der Waals surface area contributed by atoms with E-state index in [0.717, 1.165) is 16.8 Å². The normalized spacial score (nSPS) is 10.1. The van der Waals surface area contributed by atoms with Crippen LogP contribution in [-0.2, 0) is 13.5 Å². The standard InChI is InChI=1S/C12H10ClN3/c1-16-8-10(6-7-14)12(15-16)9-2-4-11(13)5-3-9/h2-5,8H,6H2,1H3. The van der Waals surface area contributed by atoms with Crippen molar-refractivity contribution >= 4 is 11.6 Å². The van der Waals surface area contributed by atoms with Gasteiger partial charge in [-0.2, -0.15) is 10.4 Å². The lowest BCUT2D eigenvalue weighted by Crippen LogP contribution is -1.87. The number of nitriles is 1. The lowest BCUT2D eigenvalue weighted by Gasteiger charge is -1.99. The SMILES string of the molecule is Cn1cc(CC#N)c(-c2ccc(Cl)cc2)n1. The maximum atomic E-state index is 8.74. The Bertz CT molecular complexity index is 534. The lowest BCUT2D eigenvalue weighted by atomic mass is 10.1. The lowest BCUT2D eigenvalue weighted by molar-refractivity contribution is 0.770. The Morgan fingerprint density at radius 2 is 2.06 bits per heavy atom. The first kappa shape index (κ1) is 10.7. The van der Waals surface area contributed by atoms with Crippen molar-refractivity contribution in [1.29, 1.82) is 5.26 Å². The van der Waals surface area contributed by atoms with Crippen LogP contribution in [0.2, 0.25) is 5.02 Å². The van der Waals surface area contributed by atoms with Crippen molar-refractivity contribution in [3.8, 4) is 17.3 Å². The van der Waals surface area contributed by atoms with Crippen molar-refractivity contribution in [2.75, 3.05) is 0 Å². The predicted octanol–water partition coefficient (Wildman–Crippen LogP) is 2.81. The van der Waals surface area contributed by atoms with E-state index in [-0.39, 0.29) is 0 Å². The summed E-state index contributed by atoms with van der Waals surface area (Å²) in [5.41, 5.74) is 2.77. The molecule has 1 aromatic heterocycles. The van der Waals surface area contributed by atoms with Crippen molar-refractivity contribution < 1.29 is 0 Å². The highest BCUT2D eigenvalue weighted by Gasteiger charge is 2.09. The van der Waals surface area contributed by atoms with Gasteiger partial charge in [0, 0.05) is 29.4 Å². The minimum atomic E-state index is 0.367. The first-order valence-corrected chi connectivity index (χ1v) is 5.24. The van der Waals surface area contributed by atoms with Crippen LogP contribution in [0.3, 0.4) is 0 Å². The summed E-state index contributed by atoms with van der Waals surface area (Å²) in [6.07, 6.45) is 2.24. The smallest absolute Gasteiger partial charge is 0.0965 e. The number of hydrogen-bond donors (Lipinski definition) is 0. The quantitative estimate of drug-likeness (QED) is 0.798. The zero-order chi connectivity index (χ0) is 11.5. The Labute approximate surface area is 98.9 Å². The number of halogens is 1. The Morgan fingerprint density at radius 1 is 1.38 bits per heavy atom. The summed E-state index contributed by atoms with van der Waals surface area (Å²) in [6.45, 7) is 0. The van der Waals surface area contributed by atoms with Gasteiger partial charge in [0.15, 0.2) is 0 Å². The monoisotopic (exact) mass is 231 g/mol. The maximum absolute atomic E-state index is 8.74. The molecule has 0 unspecified atom stereocenters. The largest absolute Gasteiger partial charge is 0.275 e. The second-order valence-corrected chi connectivity index (χ2v) is 3.95. The molecule has 0 spiro atoms. The van der Waals surface area contributed by atoms with Gasteiger partial charge in [-0.15, -0.1) is 0 Å². The third-order valence-corrected chi connectivity index (χ3v) is 2.54. The van der Waals surface area contributed by atoms with E-state index in [2.05, 4.69) is 11.2 Å². The van der Waals surface area contributed by atoms with Gasteiger partial charge >= 0.3 is 0 Å². The average Bonchev–Trinajstić information content (AvgIpc) is 2.61. The van der Waals surface area contributed by atoms with Gasteiger partial charge in [-0.25, -0.2) is 0 Å². The summed E-state index contributed by atoms with van der Waals surface area (Å²) < 4.78 is 1.72. The molecule has 3 nitrogen and oxygen atoms in total. The van der Waals surface area contributed by atoms with E-state index in [1.54, 1.807) is 4.68 Å². The molecule has 16 heavy (non-hydrogen) atoms. The predicted molar refractivity (Wildman–Crippen MR) is 63.0 cm³/mol. The average molecular weight is 232 g/mol. The van der Waals surface area contributed by atoms with Crippen LogP contribution in [0, 0.1) is 11.3 Å². The molecule has 2 rings (SSSR count). The molecule has 0 saturated carbocycles. The van der Waals surface area contributed by atoms with Crippen LogP contribution < -0.4 is 0 Å². The van der Waals surface area contributed by atoms with Gasteiger partial charge in [-0.05, 0) is 12.1 Å². The van der Waals surface area contributed by atoms with E-state index in [1.807, 2.05) is 37.5 Å². The van der Waals surface area contributed by atoms with Gasteiger partial charge < -0.3 is 0 Å². The highest BCUT2D eigenvalue weighted by Crippen LogP contribution is 2.23. The number of hydrogen-bond acceptors (Lipinski definition) is 2. The number of nitrogens with zero attached hydrogens (tertiary/aromatic N) is 3. The van der Waals surface area contributed by atoms with E-state index in [4.69, 9.17) is 16.9 Å². The molecule has 0 atom stereocenters. The Kier molecular flexibility index (Phi) is 2.93. The van der Waals surface area contributed by atoms with E-state index in [1.165, 1.54) is 0 Å². The molecule has 0 saturated heterocycles. The molecule has 0 aliphatic carbocycles. The van der Waals surface area contributed by atoms with Crippen molar-refractivity contribution in [3.05, 3.63) is 41.0 Å². The molecule has 80 valence electrons. The summed E-state index contributed by atoms with van der Waals surface area (Å²) >= 11 is 5.83. The fourth-order valence-electron chi connectivity index (χ4n) is 1.60. The molecule has 0 aliphatic heterocycles. The summed E-state index contributed by atoms with van der Waals surface area (Å²) in [5.74, 6) is 0. The number of rotatable bonds is 2. The van der Waals surface area contributed by atoms with Gasteiger partial charge in [0.2, 0.25) is 0 Å². The van der Waals surface area contributed by atoms with Crippen molar-refractivity contribution in [2.45, 2.75) is 6.42 Å². The van der Waals surface area contributed by atoms with Crippen LogP contribution in [0.25, 0.3) is 11.3 Å². The van der Waals surface area contributed by atoms with Crippen molar-refractivity contribution in [3.63, 3.8) is 0 Å². The molecule has 0 aliphatic rings. The first-order valence-electron chi connectivity index (χ1n) is 4.86. The van der Waals surface area contributed by atoms with Crippen molar-refractivity contribution in [2.24, 2.45) is 7.05 Å². The third kappa shape index (κ3) is 2.07. The molecule has 0 amide bonds. The molecule has 2 aromatic rings. The second-order valence-electron chi connectivity index (χ2n) is 3.52. The maximum Gasteiger partial charge on any atom is 0.0965 e. The van der Waals surface area contributed by atoms with Crippen LogP contribution >= 0.6 is 11.6 Å². The van der Waals surface area contributed by atoms with Crippen LogP contribution in [0.1, 0.15) is 5.56 Å². The molecule has 4 heteroatoms. The molecule has 1 heterocycles. The van der Waals surface area contributed by atoms with E-state index < -0.39 is 0 Å². The highest BCUT2D eigenvalue weighted by molar-refractivity contribution is 6.30. The fraction of sp³-hybridized carbons (Fsp3) is 0.167. The fourth-order valence-corrected chi connectivity index (χ4v) is 1.73. The van der Waals surface area contributed by atoms with Crippen LogP contribution in [0.5, 0.6) is 0 Å². The minimum absolute atomic E-state index is 0.367. The number of aromatic nitrogens is 2. The molecule has 0 radical (unpaired) electrons. The van der Waals surface area contributed by atoms with Crippen LogP contribution in [0.15, 0.2) is 30.5 Å². The summed E-state index contributed by atoms with van der Waals surface area (Å²) in [7, 11) is 1.85. The van der Waals surface area contributed by atoms with Gasteiger partial charge in [0.05, 0.1) is 18.2 Å². The topological polar surface area (TPSA) is 41.6 Å². The van der Waals surface area contributed by atoms with Gasteiger partial charge in [0.1, 0.15) is 0 Å². The summed E-state index contributed by atoms with van der Waals surface area (Å²) in [5, 5.41) is 13.8. The zero-order valence-electron chi connectivity index (χ0n) is 8.81. The molecule has 0 N–H and O–H groups in total. The summed E-state index contributed by atoms with van der Waals surface area (Å²) in [4.78, 5) is 0. The van der Waals surface area contributed by atoms with E-state index in [9.17, 15) is 0 Å². The molecular formula is C12H10ClN3. The van der Waals surface area contributed by atoms with Crippen LogP contribution in [0.4, 0.5) is 0 Å². The Balaban J connectivity index is 2.47. The second kappa shape index (κ2) is 4.38. The molecular weight excluding hydrogens is 222 g/mol. The Morgan fingerprint density at radius 3 is 2.69 bits per heavy atom. The first-order chi connectivity index (χ1) is 7.70. The number of benzene rings is 1.